The molecule has 1 aromatic rings. The van der Waals surface area contributed by atoms with Gasteiger partial charge in [0, 0.05) is 11.8 Å². The number of hydrogen-bond acceptors (Lipinski definition) is 1. The van der Waals surface area contributed by atoms with Gasteiger partial charge in [-0.05, 0) is 18.6 Å². The third kappa shape index (κ3) is 3.69. The average Bonchev–Trinajstić information content (AvgIpc) is 2.81. The van der Waals surface area contributed by atoms with E-state index in [1.807, 2.05) is 35.2 Å². The molecule has 19 heavy (non-hydrogen) atoms. The molecule has 0 aliphatic carbocycles. The summed E-state index contributed by atoms with van der Waals surface area (Å²) in [5, 5.41) is 0. The van der Waals surface area contributed by atoms with Crippen LogP contribution < -0.4 is 4.90 Å². The van der Waals surface area contributed by atoms with Crippen LogP contribution in [0.2, 0.25) is 0 Å². The van der Waals surface area contributed by atoms with Crippen LogP contribution in [-0.2, 0) is 4.79 Å². The van der Waals surface area contributed by atoms with Gasteiger partial charge in [0.2, 0.25) is 0 Å². The Hall–Kier alpha value is -1.57. The summed E-state index contributed by atoms with van der Waals surface area (Å²) in [6.07, 6.45) is 11.2. The van der Waals surface area contributed by atoms with Crippen LogP contribution in [0.5, 0.6) is 0 Å². The lowest BCUT2D eigenvalue weighted by molar-refractivity contribution is -0.113. The fourth-order valence-corrected chi connectivity index (χ4v) is 2.61. The molecule has 1 aliphatic heterocycles. The fourth-order valence-electron chi connectivity index (χ4n) is 2.61. The van der Waals surface area contributed by atoms with Gasteiger partial charge in [-0.1, -0.05) is 63.3 Å². The highest BCUT2D eigenvalue weighted by Crippen LogP contribution is 2.25. The van der Waals surface area contributed by atoms with Crippen LogP contribution in [0.15, 0.2) is 42.5 Å². The summed E-state index contributed by atoms with van der Waals surface area (Å²) in [4.78, 5) is 13.9. The first-order chi connectivity index (χ1) is 9.33. The maximum atomic E-state index is 12.0. The fraction of sp³-hybridized carbons (Fsp3) is 0.471. The molecule has 1 unspecified atom stereocenters. The highest BCUT2D eigenvalue weighted by Gasteiger charge is 2.26. The second-order valence-electron chi connectivity index (χ2n) is 5.17. The third-order valence-corrected chi connectivity index (χ3v) is 3.67. The van der Waals surface area contributed by atoms with Gasteiger partial charge in [0.05, 0.1) is 6.04 Å². The van der Waals surface area contributed by atoms with Crippen molar-refractivity contribution >= 4 is 11.6 Å². The number of carbonyl (C=O) groups excluding carboxylic acids is 1. The topological polar surface area (TPSA) is 20.3 Å². The lowest BCUT2D eigenvalue weighted by Gasteiger charge is -2.24. The predicted molar refractivity (Wildman–Crippen MR) is 80.2 cm³/mol. The van der Waals surface area contributed by atoms with Crippen LogP contribution in [0.25, 0.3) is 0 Å². The maximum Gasteiger partial charge on any atom is 0.251 e. The molecular formula is C17H23NO. The van der Waals surface area contributed by atoms with E-state index in [1.165, 1.54) is 32.1 Å². The minimum Gasteiger partial charge on any atom is -0.302 e. The van der Waals surface area contributed by atoms with Gasteiger partial charge in [-0.2, -0.15) is 0 Å². The molecular weight excluding hydrogens is 234 g/mol. The van der Waals surface area contributed by atoms with Gasteiger partial charge < -0.3 is 4.90 Å². The number of benzene rings is 1. The minimum absolute atomic E-state index is 0.116. The Morgan fingerprint density at radius 2 is 1.79 bits per heavy atom. The first-order valence-electron chi connectivity index (χ1n) is 7.39. The van der Waals surface area contributed by atoms with Crippen LogP contribution in [-0.4, -0.2) is 11.9 Å². The summed E-state index contributed by atoms with van der Waals surface area (Å²) in [5.41, 5.74) is 1.01. The first-order valence-corrected chi connectivity index (χ1v) is 7.39. The van der Waals surface area contributed by atoms with E-state index in [9.17, 15) is 4.79 Å². The molecule has 102 valence electrons. The van der Waals surface area contributed by atoms with Gasteiger partial charge in [0.1, 0.15) is 0 Å². The molecule has 1 amide bonds. The maximum absolute atomic E-state index is 12.0. The van der Waals surface area contributed by atoms with Crippen molar-refractivity contribution in [1.82, 2.24) is 0 Å². The zero-order valence-electron chi connectivity index (χ0n) is 11.7. The van der Waals surface area contributed by atoms with Crippen molar-refractivity contribution in [2.75, 3.05) is 4.90 Å². The Bertz CT molecular complexity index is 424. The number of anilines is 1. The quantitative estimate of drug-likeness (QED) is 0.666. The SMILES string of the molecule is CCCCCCCC1C=CC(=O)N1c1ccccc1. The predicted octanol–water partition coefficient (Wildman–Crippen LogP) is 4.32. The molecule has 2 rings (SSSR count). The second kappa shape index (κ2) is 7.13. The van der Waals surface area contributed by atoms with Crippen molar-refractivity contribution in [2.45, 2.75) is 51.5 Å². The van der Waals surface area contributed by atoms with Gasteiger partial charge >= 0.3 is 0 Å². The lowest BCUT2D eigenvalue weighted by atomic mass is 10.1. The molecule has 0 saturated carbocycles. The highest BCUT2D eigenvalue weighted by molar-refractivity contribution is 6.04. The second-order valence-corrected chi connectivity index (χ2v) is 5.17. The van der Waals surface area contributed by atoms with Crippen molar-refractivity contribution in [1.29, 1.82) is 0 Å². The Morgan fingerprint density at radius 3 is 2.53 bits per heavy atom. The van der Waals surface area contributed by atoms with Gasteiger partial charge in [-0.25, -0.2) is 0 Å². The van der Waals surface area contributed by atoms with Crippen molar-refractivity contribution in [3.05, 3.63) is 42.5 Å². The van der Waals surface area contributed by atoms with E-state index in [0.29, 0.717) is 0 Å². The summed E-state index contributed by atoms with van der Waals surface area (Å²) < 4.78 is 0. The van der Waals surface area contributed by atoms with E-state index < -0.39 is 0 Å². The highest BCUT2D eigenvalue weighted by atomic mass is 16.2. The summed E-state index contributed by atoms with van der Waals surface area (Å²) in [6, 6.07) is 10.2. The molecule has 0 fully saturated rings. The van der Waals surface area contributed by atoms with Gasteiger partial charge in [0.15, 0.2) is 0 Å². The average molecular weight is 257 g/mol. The molecule has 0 bridgehead atoms. The first kappa shape index (κ1) is 13.9. The van der Waals surface area contributed by atoms with Crippen molar-refractivity contribution in [3.63, 3.8) is 0 Å². The van der Waals surface area contributed by atoms with Crippen molar-refractivity contribution < 1.29 is 4.79 Å². The number of carbonyl (C=O) groups is 1. The number of para-hydroxylation sites is 1. The number of unbranched alkanes of at least 4 members (excludes halogenated alkanes) is 4. The van der Waals surface area contributed by atoms with Crippen LogP contribution >= 0.6 is 0 Å². The molecule has 1 aromatic carbocycles. The van der Waals surface area contributed by atoms with E-state index >= 15 is 0 Å². The summed E-state index contributed by atoms with van der Waals surface area (Å²) in [7, 11) is 0. The molecule has 0 saturated heterocycles. The molecule has 1 heterocycles. The van der Waals surface area contributed by atoms with Crippen LogP contribution in [0.1, 0.15) is 45.4 Å². The Morgan fingerprint density at radius 1 is 1.05 bits per heavy atom. The summed E-state index contributed by atoms with van der Waals surface area (Å²) in [5.74, 6) is 0.116. The standard InChI is InChI=1S/C17H23NO/c1-2-3-4-5-7-12-16-13-14-17(19)18(16)15-10-8-6-9-11-15/h6,8-11,13-14,16H,2-5,7,12H2,1H3. The molecule has 2 heteroatoms. The van der Waals surface area contributed by atoms with Crippen LogP contribution in [0.3, 0.4) is 0 Å². The Kier molecular flexibility index (Phi) is 5.20. The molecule has 0 radical (unpaired) electrons. The number of rotatable bonds is 7. The lowest BCUT2D eigenvalue weighted by Crippen LogP contribution is -2.33. The van der Waals surface area contributed by atoms with E-state index in [1.54, 1.807) is 6.08 Å². The summed E-state index contributed by atoms with van der Waals surface area (Å²) >= 11 is 0. The molecule has 1 atom stereocenters. The van der Waals surface area contributed by atoms with E-state index in [0.717, 1.165) is 12.1 Å². The number of amides is 1. The summed E-state index contributed by atoms with van der Waals surface area (Å²) in [6.45, 7) is 2.23. The van der Waals surface area contributed by atoms with E-state index in [4.69, 9.17) is 0 Å². The zero-order valence-corrected chi connectivity index (χ0v) is 11.7. The normalized spacial score (nSPS) is 18.3. The molecule has 0 aromatic heterocycles. The Labute approximate surface area is 116 Å². The third-order valence-electron chi connectivity index (χ3n) is 3.67. The van der Waals surface area contributed by atoms with Gasteiger partial charge in [-0.3, -0.25) is 4.79 Å². The number of nitrogens with zero attached hydrogens (tertiary/aromatic N) is 1. The smallest absolute Gasteiger partial charge is 0.251 e. The monoisotopic (exact) mass is 257 g/mol. The molecule has 0 spiro atoms. The largest absolute Gasteiger partial charge is 0.302 e. The van der Waals surface area contributed by atoms with Gasteiger partial charge in [0.25, 0.3) is 5.91 Å². The van der Waals surface area contributed by atoms with Crippen molar-refractivity contribution in [2.24, 2.45) is 0 Å². The van der Waals surface area contributed by atoms with Gasteiger partial charge in [-0.15, -0.1) is 0 Å². The minimum atomic E-state index is 0.116. The van der Waals surface area contributed by atoms with Crippen LogP contribution in [0.4, 0.5) is 5.69 Å². The van der Waals surface area contributed by atoms with E-state index in [-0.39, 0.29) is 11.9 Å². The molecule has 0 N–H and O–H groups in total. The molecule has 2 nitrogen and oxygen atoms in total. The van der Waals surface area contributed by atoms with E-state index in [2.05, 4.69) is 13.0 Å². The molecule has 1 aliphatic rings. The van der Waals surface area contributed by atoms with Crippen LogP contribution in [0, 0.1) is 0 Å². The Balaban J connectivity index is 1.89. The number of hydrogen-bond donors (Lipinski definition) is 0. The zero-order chi connectivity index (χ0) is 13.5. The van der Waals surface area contributed by atoms with Crippen molar-refractivity contribution in [3.8, 4) is 0 Å².